The molecule has 0 spiro atoms. The van der Waals surface area contributed by atoms with Crippen LogP contribution in [-0.4, -0.2) is 73.5 Å². The summed E-state index contributed by atoms with van der Waals surface area (Å²) < 4.78 is 11.3. The number of nitrogen functional groups attached to an aromatic ring is 2. The van der Waals surface area contributed by atoms with E-state index in [4.69, 9.17) is 32.5 Å². The lowest BCUT2D eigenvalue weighted by Gasteiger charge is -2.36. The van der Waals surface area contributed by atoms with Crippen LogP contribution in [0.3, 0.4) is 0 Å². The first-order chi connectivity index (χ1) is 14.6. The number of nitrogens with zero attached hydrogens (tertiary/aromatic N) is 4. The third-order valence-electron chi connectivity index (χ3n) is 5.40. The zero-order chi connectivity index (χ0) is 20.9. The van der Waals surface area contributed by atoms with Crippen LogP contribution in [0.15, 0.2) is 24.3 Å². The SMILES string of the molecule is Nc1nc(Cl)c(N)c(NCCN2CCN(c3ccc(O[C@H]4CCOC4)cc3)CC2)n1. The lowest BCUT2D eigenvalue weighted by Crippen LogP contribution is -2.47. The molecule has 5 N–H and O–H groups in total. The number of nitrogens with two attached hydrogens (primary N) is 2. The van der Waals surface area contributed by atoms with Gasteiger partial charge in [-0.3, -0.25) is 4.90 Å². The molecule has 0 saturated carbocycles. The van der Waals surface area contributed by atoms with Crippen LogP contribution in [0, 0.1) is 0 Å². The van der Waals surface area contributed by atoms with Crippen LogP contribution in [0.2, 0.25) is 5.15 Å². The molecule has 0 amide bonds. The summed E-state index contributed by atoms with van der Waals surface area (Å²) in [7, 11) is 0. The molecule has 0 bridgehead atoms. The molecule has 9 nitrogen and oxygen atoms in total. The maximum Gasteiger partial charge on any atom is 0.223 e. The van der Waals surface area contributed by atoms with E-state index in [1.54, 1.807) is 0 Å². The fourth-order valence-electron chi connectivity index (χ4n) is 3.69. The van der Waals surface area contributed by atoms with E-state index < -0.39 is 0 Å². The van der Waals surface area contributed by atoms with E-state index >= 15 is 0 Å². The highest BCUT2D eigenvalue weighted by Crippen LogP contribution is 2.25. The van der Waals surface area contributed by atoms with E-state index in [0.717, 1.165) is 51.5 Å². The minimum atomic E-state index is 0.110. The number of aromatic nitrogens is 2. The Bertz CT molecular complexity index is 838. The van der Waals surface area contributed by atoms with E-state index in [2.05, 4.69) is 37.2 Å². The molecule has 0 unspecified atom stereocenters. The Kier molecular flexibility index (Phi) is 6.61. The number of rotatable bonds is 7. The molecule has 2 fully saturated rings. The van der Waals surface area contributed by atoms with Crippen molar-refractivity contribution in [3.05, 3.63) is 29.4 Å². The summed E-state index contributed by atoms with van der Waals surface area (Å²) in [6, 6.07) is 8.36. The van der Waals surface area contributed by atoms with Crippen LogP contribution in [-0.2, 0) is 4.74 Å². The average Bonchev–Trinajstić information content (AvgIpc) is 3.26. The third kappa shape index (κ3) is 5.16. The number of piperazine rings is 1. The molecule has 2 saturated heterocycles. The predicted octanol–water partition coefficient (Wildman–Crippen LogP) is 1.70. The minimum absolute atomic E-state index is 0.110. The van der Waals surface area contributed by atoms with Gasteiger partial charge in [-0.05, 0) is 24.3 Å². The standard InChI is InChI=1S/C20H28ClN7O2/c21-18-17(22)19(26-20(23)25-18)24-6-7-27-8-10-28(11-9-27)14-1-3-15(4-2-14)30-16-5-12-29-13-16/h1-4,16H,5-13,22H2,(H3,23,24,25,26)/t16-/m0/s1. The van der Waals surface area contributed by atoms with Crippen molar-refractivity contribution in [1.29, 1.82) is 0 Å². The molecule has 2 aliphatic heterocycles. The summed E-state index contributed by atoms with van der Waals surface area (Å²) in [5.41, 5.74) is 13.1. The van der Waals surface area contributed by atoms with Crippen molar-refractivity contribution >= 4 is 34.7 Å². The van der Waals surface area contributed by atoms with Crippen molar-refractivity contribution in [2.24, 2.45) is 0 Å². The molecule has 0 aliphatic carbocycles. The fourth-order valence-corrected chi connectivity index (χ4v) is 3.87. The van der Waals surface area contributed by atoms with E-state index in [9.17, 15) is 0 Å². The summed E-state index contributed by atoms with van der Waals surface area (Å²) in [5, 5.41) is 3.37. The smallest absolute Gasteiger partial charge is 0.223 e. The highest BCUT2D eigenvalue weighted by molar-refractivity contribution is 6.32. The van der Waals surface area contributed by atoms with Gasteiger partial charge in [0.2, 0.25) is 5.95 Å². The van der Waals surface area contributed by atoms with Crippen LogP contribution < -0.4 is 26.4 Å². The van der Waals surface area contributed by atoms with Gasteiger partial charge in [-0.1, -0.05) is 11.6 Å². The van der Waals surface area contributed by atoms with Gasteiger partial charge in [0, 0.05) is 51.4 Å². The van der Waals surface area contributed by atoms with E-state index in [-0.39, 0.29) is 17.2 Å². The molecule has 162 valence electrons. The Morgan fingerprint density at radius 1 is 1.13 bits per heavy atom. The molecule has 0 radical (unpaired) electrons. The first-order valence-corrected chi connectivity index (χ1v) is 10.6. The number of nitrogens with one attached hydrogen (secondary N) is 1. The van der Waals surface area contributed by atoms with Crippen LogP contribution in [0.1, 0.15) is 6.42 Å². The highest BCUT2D eigenvalue weighted by Gasteiger charge is 2.19. The second-order valence-corrected chi connectivity index (χ2v) is 7.85. The zero-order valence-corrected chi connectivity index (χ0v) is 17.6. The molecular weight excluding hydrogens is 406 g/mol. The average molecular weight is 434 g/mol. The second kappa shape index (κ2) is 9.55. The van der Waals surface area contributed by atoms with Gasteiger partial charge in [0.15, 0.2) is 11.0 Å². The fraction of sp³-hybridized carbons (Fsp3) is 0.500. The molecule has 2 aliphatic rings. The van der Waals surface area contributed by atoms with Crippen molar-refractivity contribution in [3.8, 4) is 5.75 Å². The van der Waals surface area contributed by atoms with Gasteiger partial charge in [0.25, 0.3) is 0 Å². The summed E-state index contributed by atoms with van der Waals surface area (Å²) in [5.74, 6) is 1.50. The van der Waals surface area contributed by atoms with Gasteiger partial charge in [-0.15, -0.1) is 0 Å². The normalized spacial score (nSPS) is 19.8. The second-order valence-electron chi connectivity index (χ2n) is 7.49. The van der Waals surface area contributed by atoms with Crippen LogP contribution in [0.4, 0.5) is 23.1 Å². The Balaban J connectivity index is 1.21. The molecule has 3 heterocycles. The van der Waals surface area contributed by atoms with E-state index in [1.165, 1.54) is 5.69 Å². The monoisotopic (exact) mass is 433 g/mol. The molecule has 1 aromatic heterocycles. The number of halogens is 1. The van der Waals surface area contributed by atoms with Crippen molar-refractivity contribution < 1.29 is 9.47 Å². The minimum Gasteiger partial charge on any atom is -0.488 e. The summed E-state index contributed by atoms with van der Waals surface area (Å²) >= 11 is 5.95. The maximum atomic E-state index is 5.95. The first kappa shape index (κ1) is 20.8. The summed E-state index contributed by atoms with van der Waals surface area (Å²) in [4.78, 5) is 12.8. The van der Waals surface area contributed by atoms with E-state index in [1.807, 2.05) is 12.1 Å². The predicted molar refractivity (Wildman–Crippen MR) is 119 cm³/mol. The maximum absolute atomic E-state index is 5.95. The summed E-state index contributed by atoms with van der Waals surface area (Å²) in [6.07, 6.45) is 1.14. The number of hydrogen-bond acceptors (Lipinski definition) is 9. The molecule has 2 aromatic rings. The number of benzene rings is 1. The van der Waals surface area contributed by atoms with E-state index in [0.29, 0.717) is 24.7 Å². The number of anilines is 4. The largest absolute Gasteiger partial charge is 0.488 e. The molecule has 10 heteroatoms. The Hall–Kier alpha value is -2.49. The number of hydrogen-bond donors (Lipinski definition) is 3. The first-order valence-electron chi connectivity index (χ1n) is 10.2. The zero-order valence-electron chi connectivity index (χ0n) is 16.9. The van der Waals surface area contributed by atoms with Gasteiger partial charge in [-0.2, -0.15) is 9.97 Å². The van der Waals surface area contributed by atoms with Gasteiger partial charge < -0.3 is 31.2 Å². The Labute approximate surface area is 181 Å². The highest BCUT2D eigenvalue weighted by atomic mass is 35.5. The van der Waals surface area contributed by atoms with Gasteiger partial charge >= 0.3 is 0 Å². The molecule has 1 aromatic carbocycles. The van der Waals surface area contributed by atoms with Crippen molar-refractivity contribution in [2.75, 3.05) is 74.2 Å². The molecule has 1 atom stereocenters. The summed E-state index contributed by atoms with van der Waals surface area (Å²) in [6.45, 7) is 6.98. The molecule has 30 heavy (non-hydrogen) atoms. The molecule has 4 rings (SSSR count). The van der Waals surface area contributed by atoms with Crippen LogP contribution in [0.25, 0.3) is 0 Å². The lowest BCUT2D eigenvalue weighted by molar-refractivity contribution is 0.141. The number of ether oxygens (including phenoxy) is 2. The van der Waals surface area contributed by atoms with Gasteiger partial charge in [-0.25, -0.2) is 0 Å². The van der Waals surface area contributed by atoms with Crippen molar-refractivity contribution in [2.45, 2.75) is 12.5 Å². The lowest BCUT2D eigenvalue weighted by atomic mass is 10.2. The van der Waals surface area contributed by atoms with Crippen molar-refractivity contribution in [1.82, 2.24) is 14.9 Å². The van der Waals surface area contributed by atoms with Gasteiger partial charge in [0.1, 0.15) is 17.5 Å². The van der Waals surface area contributed by atoms with Crippen LogP contribution >= 0.6 is 11.6 Å². The van der Waals surface area contributed by atoms with Crippen LogP contribution in [0.5, 0.6) is 5.75 Å². The Morgan fingerprint density at radius 2 is 1.90 bits per heavy atom. The van der Waals surface area contributed by atoms with Crippen molar-refractivity contribution in [3.63, 3.8) is 0 Å². The quantitative estimate of drug-likeness (QED) is 0.561. The molecular formula is C20H28ClN7O2. The topological polar surface area (TPSA) is 115 Å². The van der Waals surface area contributed by atoms with Gasteiger partial charge in [0.05, 0.1) is 13.2 Å². The third-order valence-corrected chi connectivity index (χ3v) is 5.69. The Morgan fingerprint density at radius 3 is 2.60 bits per heavy atom.